The molecule has 2 rings (SSSR count). The van der Waals surface area contributed by atoms with E-state index in [0.717, 1.165) is 45.0 Å². The van der Waals surface area contributed by atoms with Gasteiger partial charge in [0.2, 0.25) is 0 Å². The molecule has 1 aromatic heterocycles. The molecule has 1 fully saturated rings. The van der Waals surface area contributed by atoms with Crippen LogP contribution in [-0.4, -0.2) is 62.4 Å². The molecule has 2 N–H and O–H groups in total. The van der Waals surface area contributed by atoms with Crippen LogP contribution in [0.25, 0.3) is 0 Å². The monoisotopic (exact) mass is 264 g/mol. The molecule has 1 atom stereocenters. The molecule has 0 radical (unpaired) electrons. The molecule has 5 nitrogen and oxygen atoms in total. The van der Waals surface area contributed by atoms with E-state index in [-0.39, 0.29) is 6.10 Å². The van der Waals surface area contributed by atoms with E-state index in [4.69, 9.17) is 10.5 Å². The highest BCUT2D eigenvalue weighted by molar-refractivity contribution is 5.38. The summed E-state index contributed by atoms with van der Waals surface area (Å²) in [5.41, 5.74) is 5.64. The van der Waals surface area contributed by atoms with Crippen LogP contribution < -0.4 is 10.6 Å². The van der Waals surface area contributed by atoms with Gasteiger partial charge in [0.15, 0.2) is 0 Å². The van der Waals surface area contributed by atoms with Gasteiger partial charge in [-0.2, -0.15) is 0 Å². The molecule has 1 aliphatic heterocycles. The lowest BCUT2D eigenvalue weighted by Crippen LogP contribution is -2.47. The topological polar surface area (TPSA) is 54.6 Å². The van der Waals surface area contributed by atoms with Crippen molar-refractivity contribution in [2.45, 2.75) is 12.5 Å². The van der Waals surface area contributed by atoms with Gasteiger partial charge in [-0.1, -0.05) is 6.07 Å². The number of ether oxygens (including phenoxy) is 1. The molecule has 0 bridgehead atoms. The average molecular weight is 264 g/mol. The van der Waals surface area contributed by atoms with Crippen LogP contribution in [-0.2, 0) is 4.74 Å². The van der Waals surface area contributed by atoms with Crippen LogP contribution >= 0.6 is 0 Å². The SMILES string of the molecule is COC(CN)CCN1CCN(c2ccccn2)CC1. The molecule has 106 valence electrons. The zero-order valence-electron chi connectivity index (χ0n) is 11.7. The van der Waals surface area contributed by atoms with Gasteiger partial charge in [-0.3, -0.25) is 4.90 Å². The quantitative estimate of drug-likeness (QED) is 0.814. The van der Waals surface area contributed by atoms with Crippen molar-refractivity contribution in [3.05, 3.63) is 24.4 Å². The van der Waals surface area contributed by atoms with E-state index < -0.39 is 0 Å². The van der Waals surface area contributed by atoms with Crippen LogP contribution in [0.3, 0.4) is 0 Å². The van der Waals surface area contributed by atoms with E-state index in [1.807, 2.05) is 18.3 Å². The van der Waals surface area contributed by atoms with Gasteiger partial charge >= 0.3 is 0 Å². The molecule has 2 heterocycles. The molecule has 0 amide bonds. The summed E-state index contributed by atoms with van der Waals surface area (Å²) in [6.07, 6.45) is 3.05. The number of nitrogens with zero attached hydrogens (tertiary/aromatic N) is 3. The first-order chi connectivity index (χ1) is 9.33. The average Bonchev–Trinajstić information content (AvgIpc) is 2.50. The van der Waals surface area contributed by atoms with E-state index in [2.05, 4.69) is 20.9 Å². The van der Waals surface area contributed by atoms with Crippen molar-refractivity contribution in [2.24, 2.45) is 5.73 Å². The molecule has 1 aliphatic rings. The molecular weight excluding hydrogens is 240 g/mol. The third-order valence-corrected chi connectivity index (χ3v) is 3.71. The van der Waals surface area contributed by atoms with E-state index in [1.54, 1.807) is 7.11 Å². The highest BCUT2D eigenvalue weighted by Crippen LogP contribution is 2.12. The molecule has 19 heavy (non-hydrogen) atoms. The second-order valence-corrected chi connectivity index (χ2v) is 4.90. The van der Waals surface area contributed by atoms with Crippen molar-refractivity contribution >= 4 is 5.82 Å². The minimum Gasteiger partial charge on any atom is -0.380 e. The second-order valence-electron chi connectivity index (χ2n) is 4.90. The minimum atomic E-state index is 0.189. The van der Waals surface area contributed by atoms with Gasteiger partial charge in [0.25, 0.3) is 0 Å². The third kappa shape index (κ3) is 4.16. The van der Waals surface area contributed by atoms with Crippen LogP contribution in [0.4, 0.5) is 5.82 Å². The fourth-order valence-electron chi connectivity index (χ4n) is 2.40. The summed E-state index contributed by atoms with van der Waals surface area (Å²) in [4.78, 5) is 9.21. The first-order valence-electron chi connectivity index (χ1n) is 6.94. The van der Waals surface area contributed by atoms with Gasteiger partial charge in [-0.05, 0) is 18.6 Å². The highest BCUT2D eigenvalue weighted by atomic mass is 16.5. The molecule has 0 spiro atoms. The summed E-state index contributed by atoms with van der Waals surface area (Å²) < 4.78 is 5.31. The Hall–Kier alpha value is -1.17. The summed E-state index contributed by atoms with van der Waals surface area (Å²) in [6.45, 7) is 5.90. The number of nitrogens with two attached hydrogens (primary N) is 1. The van der Waals surface area contributed by atoms with Crippen molar-refractivity contribution in [1.29, 1.82) is 0 Å². The van der Waals surface area contributed by atoms with Crippen molar-refractivity contribution in [3.63, 3.8) is 0 Å². The molecule has 1 aromatic rings. The van der Waals surface area contributed by atoms with Gasteiger partial charge in [0.1, 0.15) is 5.82 Å². The number of aromatic nitrogens is 1. The second kappa shape index (κ2) is 7.43. The van der Waals surface area contributed by atoms with Gasteiger partial charge in [-0.15, -0.1) is 0 Å². The van der Waals surface area contributed by atoms with Gasteiger partial charge in [0.05, 0.1) is 6.10 Å². The molecule has 0 aliphatic carbocycles. The summed E-state index contributed by atoms with van der Waals surface area (Å²) in [7, 11) is 1.73. The molecule has 1 saturated heterocycles. The smallest absolute Gasteiger partial charge is 0.128 e. The lowest BCUT2D eigenvalue weighted by molar-refractivity contribution is 0.0885. The van der Waals surface area contributed by atoms with E-state index in [1.165, 1.54) is 0 Å². The highest BCUT2D eigenvalue weighted by Gasteiger charge is 2.18. The van der Waals surface area contributed by atoms with Crippen LogP contribution in [0.5, 0.6) is 0 Å². The molecule has 5 heteroatoms. The first kappa shape index (κ1) is 14.2. The fraction of sp³-hybridized carbons (Fsp3) is 0.643. The predicted octanol–water partition coefficient (Wildman–Crippen LogP) is 0.567. The van der Waals surface area contributed by atoms with Crippen LogP contribution in [0.1, 0.15) is 6.42 Å². The zero-order chi connectivity index (χ0) is 13.5. The van der Waals surface area contributed by atoms with E-state index in [0.29, 0.717) is 6.54 Å². The molecule has 0 aromatic carbocycles. The van der Waals surface area contributed by atoms with Crippen LogP contribution in [0, 0.1) is 0 Å². The standard InChI is InChI=1S/C14H24N4O/c1-19-13(12-15)5-7-17-8-10-18(11-9-17)14-4-2-3-6-16-14/h2-4,6,13H,5,7-12,15H2,1H3. The van der Waals surface area contributed by atoms with E-state index in [9.17, 15) is 0 Å². The summed E-state index contributed by atoms with van der Waals surface area (Å²) in [5.74, 6) is 1.08. The lowest BCUT2D eigenvalue weighted by Gasteiger charge is -2.35. The van der Waals surface area contributed by atoms with Crippen LogP contribution in [0.15, 0.2) is 24.4 Å². The Morgan fingerprint density at radius 2 is 2.11 bits per heavy atom. The maximum atomic E-state index is 5.64. The van der Waals surface area contributed by atoms with Crippen molar-refractivity contribution in [1.82, 2.24) is 9.88 Å². The van der Waals surface area contributed by atoms with Gasteiger partial charge < -0.3 is 15.4 Å². The fourth-order valence-corrected chi connectivity index (χ4v) is 2.40. The molecule has 0 saturated carbocycles. The number of hydrogen-bond acceptors (Lipinski definition) is 5. The van der Waals surface area contributed by atoms with Gasteiger partial charge in [0, 0.05) is 52.6 Å². The minimum absolute atomic E-state index is 0.189. The number of methoxy groups -OCH3 is 1. The summed E-state index contributed by atoms with van der Waals surface area (Å²) >= 11 is 0. The van der Waals surface area contributed by atoms with Crippen molar-refractivity contribution in [2.75, 3.05) is 51.3 Å². The Kier molecular flexibility index (Phi) is 5.57. The third-order valence-electron chi connectivity index (χ3n) is 3.71. The zero-order valence-corrected chi connectivity index (χ0v) is 11.7. The lowest BCUT2D eigenvalue weighted by atomic mass is 10.2. The largest absolute Gasteiger partial charge is 0.380 e. The Bertz CT molecular complexity index is 348. The summed E-state index contributed by atoms with van der Waals surface area (Å²) in [5, 5.41) is 0. The Morgan fingerprint density at radius 3 is 2.68 bits per heavy atom. The first-order valence-corrected chi connectivity index (χ1v) is 6.94. The number of rotatable bonds is 6. The normalized spacial score (nSPS) is 18.5. The Balaban J connectivity index is 1.74. The van der Waals surface area contributed by atoms with Gasteiger partial charge in [-0.25, -0.2) is 4.98 Å². The van der Waals surface area contributed by atoms with Crippen molar-refractivity contribution in [3.8, 4) is 0 Å². The molecular formula is C14H24N4O. The molecule has 1 unspecified atom stereocenters. The number of pyridine rings is 1. The maximum absolute atomic E-state index is 5.64. The Labute approximate surface area is 115 Å². The number of piperazine rings is 1. The number of anilines is 1. The van der Waals surface area contributed by atoms with E-state index >= 15 is 0 Å². The van der Waals surface area contributed by atoms with Crippen molar-refractivity contribution < 1.29 is 4.74 Å². The maximum Gasteiger partial charge on any atom is 0.128 e. The summed E-state index contributed by atoms with van der Waals surface area (Å²) in [6, 6.07) is 6.07. The predicted molar refractivity (Wildman–Crippen MR) is 77.4 cm³/mol. The Morgan fingerprint density at radius 1 is 1.32 bits per heavy atom. The van der Waals surface area contributed by atoms with Crippen LogP contribution in [0.2, 0.25) is 0 Å². The number of hydrogen-bond donors (Lipinski definition) is 1.